The third kappa shape index (κ3) is 2.54. The molecule has 0 aromatic carbocycles. The minimum Gasteiger partial charge on any atom is -0.469 e. The van der Waals surface area contributed by atoms with Crippen LogP contribution in [0.4, 0.5) is 0 Å². The molecule has 5 heteroatoms. The first-order valence-electron chi connectivity index (χ1n) is 5.01. The van der Waals surface area contributed by atoms with Crippen molar-refractivity contribution < 1.29 is 9.53 Å². The van der Waals surface area contributed by atoms with Gasteiger partial charge in [0.25, 0.3) is 0 Å². The van der Waals surface area contributed by atoms with E-state index in [0.29, 0.717) is 5.92 Å². The zero-order chi connectivity index (χ0) is 10.7. The second-order valence-electron chi connectivity index (χ2n) is 3.62. The van der Waals surface area contributed by atoms with Crippen molar-refractivity contribution in [3.8, 4) is 0 Å². The maximum Gasteiger partial charge on any atom is 0.311 e. The maximum absolute atomic E-state index is 11.0. The lowest BCUT2D eigenvalue weighted by atomic mass is 10.1. The molecule has 1 fully saturated rings. The predicted molar refractivity (Wildman–Crippen MR) is 58.1 cm³/mol. The van der Waals surface area contributed by atoms with E-state index in [4.69, 9.17) is 0 Å². The second-order valence-corrected chi connectivity index (χ2v) is 4.51. The van der Waals surface area contributed by atoms with E-state index in [2.05, 4.69) is 15.0 Å². The Morgan fingerprint density at radius 3 is 3.33 bits per heavy atom. The molecule has 1 N–H and O–H groups in total. The number of nitrogens with zero attached hydrogens (tertiary/aromatic N) is 1. The molecule has 15 heavy (non-hydrogen) atoms. The molecule has 1 aliphatic heterocycles. The zero-order valence-corrected chi connectivity index (χ0v) is 9.47. The van der Waals surface area contributed by atoms with Crippen molar-refractivity contribution in [3.05, 3.63) is 16.1 Å². The first kappa shape index (κ1) is 10.6. The minimum atomic E-state index is -0.226. The monoisotopic (exact) mass is 226 g/mol. The minimum absolute atomic E-state index is 0.226. The summed E-state index contributed by atoms with van der Waals surface area (Å²) in [5, 5.41) is 6.39. The predicted octanol–water partition coefficient (Wildman–Crippen LogP) is 0.935. The van der Waals surface area contributed by atoms with Gasteiger partial charge in [0.05, 0.1) is 24.2 Å². The van der Waals surface area contributed by atoms with E-state index < -0.39 is 0 Å². The number of carbonyl (C=O) groups is 1. The summed E-state index contributed by atoms with van der Waals surface area (Å²) >= 11 is 1.64. The first-order valence-corrected chi connectivity index (χ1v) is 5.89. The van der Waals surface area contributed by atoms with Crippen LogP contribution in [0.3, 0.4) is 0 Å². The van der Waals surface area contributed by atoms with Crippen LogP contribution in [0, 0.1) is 0 Å². The van der Waals surface area contributed by atoms with Crippen LogP contribution in [0.15, 0.2) is 5.38 Å². The molecule has 2 rings (SSSR count). The lowest BCUT2D eigenvalue weighted by Gasteiger charge is -2.01. The van der Waals surface area contributed by atoms with Crippen LogP contribution in [0.1, 0.15) is 23.0 Å². The van der Waals surface area contributed by atoms with Gasteiger partial charge in [0, 0.05) is 17.8 Å². The van der Waals surface area contributed by atoms with E-state index in [-0.39, 0.29) is 12.4 Å². The summed E-state index contributed by atoms with van der Waals surface area (Å²) in [7, 11) is 1.40. The van der Waals surface area contributed by atoms with Gasteiger partial charge >= 0.3 is 5.97 Å². The van der Waals surface area contributed by atoms with Crippen LogP contribution >= 0.6 is 11.3 Å². The first-order chi connectivity index (χ1) is 7.29. The maximum atomic E-state index is 11.0. The summed E-state index contributed by atoms with van der Waals surface area (Å²) in [4.78, 5) is 15.5. The lowest BCUT2D eigenvalue weighted by molar-refractivity contribution is -0.139. The number of aromatic nitrogens is 1. The van der Waals surface area contributed by atoms with Crippen molar-refractivity contribution in [2.75, 3.05) is 20.2 Å². The second kappa shape index (κ2) is 4.72. The Hall–Kier alpha value is -0.940. The fourth-order valence-electron chi connectivity index (χ4n) is 1.68. The van der Waals surface area contributed by atoms with Crippen molar-refractivity contribution in [3.63, 3.8) is 0 Å². The van der Waals surface area contributed by atoms with Crippen molar-refractivity contribution >= 4 is 17.3 Å². The van der Waals surface area contributed by atoms with Gasteiger partial charge in [-0.3, -0.25) is 4.79 Å². The van der Waals surface area contributed by atoms with Gasteiger partial charge in [-0.05, 0) is 13.0 Å². The van der Waals surface area contributed by atoms with E-state index in [1.807, 2.05) is 5.38 Å². The topological polar surface area (TPSA) is 51.2 Å². The molecule has 0 aliphatic carbocycles. The molecule has 1 aromatic rings. The molecule has 2 heterocycles. The summed E-state index contributed by atoms with van der Waals surface area (Å²) in [6.07, 6.45) is 1.43. The zero-order valence-electron chi connectivity index (χ0n) is 8.66. The third-order valence-corrected chi connectivity index (χ3v) is 3.59. The molecule has 0 saturated carbocycles. The van der Waals surface area contributed by atoms with Crippen molar-refractivity contribution in [2.45, 2.75) is 18.8 Å². The van der Waals surface area contributed by atoms with Crippen LogP contribution in [-0.4, -0.2) is 31.2 Å². The smallest absolute Gasteiger partial charge is 0.311 e. The van der Waals surface area contributed by atoms with Crippen molar-refractivity contribution in [2.24, 2.45) is 0 Å². The number of hydrogen-bond donors (Lipinski definition) is 1. The summed E-state index contributed by atoms with van der Waals surface area (Å²) in [6, 6.07) is 0. The average Bonchev–Trinajstić information content (AvgIpc) is 2.85. The van der Waals surface area contributed by atoms with E-state index in [1.165, 1.54) is 7.11 Å². The van der Waals surface area contributed by atoms with E-state index in [0.717, 1.165) is 30.2 Å². The Bertz CT molecular complexity index is 345. The number of nitrogens with one attached hydrogen (secondary N) is 1. The number of methoxy groups -OCH3 is 1. The van der Waals surface area contributed by atoms with E-state index in [9.17, 15) is 4.79 Å². The van der Waals surface area contributed by atoms with Crippen molar-refractivity contribution in [1.29, 1.82) is 0 Å². The Morgan fingerprint density at radius 2 is 2.67 bits per heavy atom. The van der Waals surface area contributed by atoms with E-state index >= 15 is 0 Å². The molecule has 4 nitrogen and oxygen atoms in total. The number of rotatable bonds is 3. The summed E-state index contributed by atoms with van der Waals surface area (Å²) in [5.74, 6) is 0.304. The highest BCUT2D eigenvalue weighted by Crippen LogP contribution is 2.25. The van der Waals surface area contributed by atoms with Gasteiger partial charge in [-0.2, -0.15) is 0 Å². The molecular weight excluding hydrogens is 212 g/mol. The van der Waals surface area contributed by atoms with Crippen LogP contribution < -0.4 is 5.32 Å². The van der Waals surface area contributed by atoms with Crippen LogP contribution in [0.2, 0.25) is 0 Å². The molecule has 0 spiro atoms. The Morgan fingerprint density at radius 1 is 1.80 bits per heavy atom. The molecule has 1 atom stereocenters. The van der Waals surface area contributed by atoms with Gasteiger partial charge in [-0.15, -0.1) is 11.3 Å². The Balaban J connectivity index is 2.00. The van der Waals surface area contributed by atoms with Crippen LogP contribution in [0.25, 0.3) is 0 Å². The molecule has 0 bridgehead atoms. The molecular formula is C10H14N2O2S. The fourth-order valence-corrected chi connectivity index (χ4v) is 2.63. The number of esters is 1. The van der Waals surface area contributed by atoms with Gasteiger partial charge in [0.1, 0.15) is 0 Å². The number of ether oxygens (including phenoxy) is 1. The molecule has 0 amide bonds. The lowest BCUT2D eigenvalue weighted by Crippen LogP contribution is -2.08. The third-order valence-electron chi connectivity index (χ3n) is 2.53. The summed E-state index contributed by atoms with van der Waals surface area (Å²) in [5.41, 5.74) is 0.828. The van der Waals surface area contributed by atoms with Crippen molar-refractivity contribution in [1.82, 2.24) is 10.3 Å². The highest BCUT2D eigenvalue weighted by molar-refractivity contribution is 7.09. The average molecular weight is 226 g/mol. The molecule has 1 aromatic heterocycles. The van der Waals surface area contributed by atoms with Gasteiger partial charge in [-0.25, -0.2) is 4.98 Å². The Labute approximate surface area is 92.7 Å². The van der Waals surface area contributed by atoms with E-state index in [1.54, 1.807) is 11.3 Å². The molecule has 82 valence electrons. The summed E-state index contributed by atoms with van der Waals surface area (Å²) in [6.45, 7) is 2.07. The quantitative estimate of drug-likeness (QED) is 0.779. The van der Waals surface area contributed by atoms with Crippen LogP contribution in [0.5, 0.6) is 0 Å². The number of thiazole rings is 1. The fraction of sp³-hybridized carbons (Fsp3) is 0.600. The van der Waals surface area contributed by atoms with Gasteiger partial charge in [-0.1, -0.05) is 0 Å². The standard InChI is InChI=1S/C10H14N2O2S/c1-14-9(13)4-8-6-15-10(12-8)7-2-3-11-5-7/h6-7,11H,2-5H2,1H3. The number of hydrogen-bond acceptors (Lipinski definition) is 5. The largest absolute Gasteiger partial charge is 0.469 e. The molecule has 1 unspecified atom stereocenters. The van der Waals surface area contributed by atoms with Gasteiger partial charge in [0.15, 0.2) is 0 Å². The molecule has 1 aliphatic rings. The highest BCUT2D eigenvalue weighted by atomic mass is 32.1. The highest BCUT2D eigenvalue weighted by Gasteiger charge is 2.20. The van der Waals surface area contributed by atoms with Crippen LogP contribution in [-0.2, 0) is 16.0 Å². The van der Waals surface area contributed by atoms with Gasteiger partial charge in [0.2, 0.25) is 0 Å². The summed E-state index contributed by atoms with van der Waals surface area (Å²) < 4.78 is 4.60. The van der Waals surface area contributed by atoms with Gasteiger partial charge < -0.3 is 10.1 Å². The normalized spacial score (nSPS) is 20.5. The number of carbonyl (C=O) groups excluding carboxylic acids is 1. The SMILES string of the molecule is COC(=O)Cc1csc(C2CCNC2)n1. The Kier molecular flexibility index (Phi) is 3.33. The molecule has 1 saturated heterocycles. The molecule has 0 radical (unpaired) electrons.